The van der Waals surface area contributed by atoms with E-state index in [0.717, 1.165) is 5.56 Å². The highest BCUT2D eigenvalue weighted by atomic mass is 35.5. The Kier molecular flexibility index (Phi) is 3.23. The molecule has 0 spiro atoms. The molecule has 1 aromatic heterocycles. The van der Waals surface area contributed by atoms with Gasteiger partial charge in [-0.25, -0.2) is 9.37 Å². The molecule has 5 heteroatoms. The van der Waals surface area contributed by atoms with E-state index in [4.69, 9.17) is 11.6 Å². The molecule has 1 atom stereocenters. The van der Waals surface area contributed by atoms with E-state index in [1.807, 2.05) is 6.92 Å². The standard InChI is InChI=1S/C11H9ClFNOS/c1-6-2-3-7(13)4-8(6)10(15)11-14-5-9(12)16-11/h2-5,10,15H,1H3. The van der Waals surface area contributed by atoms with E-state index < -0.39 is 6.10 Å². The molecule has 2 aromatic rings. The van der Waals surface area contributed by atoms with Crippen LogP contribution >= 0.6 is 22.9 Å². The number of hydrogen-bond acceptors (Lipinski definition) is 3. The molecule has 1 N–H and O–H groups in total. The topological polar surface area (TPSA) is 33.1 Å². The second kappa shape index (κ2) is 4.49. The summed E-state index contributed by atoms with van der Waals surface area (Å²) in [7, 11) is 0. The lowest BCUT2D eigenvalue weighted by atomic mass is 10.0. The molecule has 0 radical (unpaired) electrons. The first-order valence-electron chi connectivity index (χ1n) is 4.63. The summed E-state index contributed by atoms with van der Waals surface area (Å²) in [5.74, 6) is -0.373. The van der Waals surface area contributed by atoms with Crippen LogP contribution in [0.25, 0.3) is 0 Å². The number of benzene rings is 1. The molecule has 0 aliphatic carbocycles. The minimum atomic E-state index is -0.923. The van der Waals surface area contributed by atoms with E-state index in [9.17, 15) is 9.50 Å². The summed E-state index contributed by atoms with van der Waals surface area (Å²) in [5, 5.41) is 10.5. The van der Waals surface area contributed by atoms with E-state index in [0.29, 0.717) is 14.9 Å². The minimum absolute atomic E-state index is 0.373. The molecule has 2 rings (SSSR count). The van der Waals surface area contributed by atoms with E-state index in [1.54, 1.807) is 6.07 Å². The summed E-state index contributed by atoms with van der Waals surface area (Å²) in [6.45, 7) is 1.81. The number of aliphatic hydroxyl groups is 1. The molecular formula is C11H9ClFNOS. The zero-order chi connectivity index (χ0) is 11.7. The van der Waals surface area contributed by atoms with E-state index in [2.05, 4.69) is 4.98 Å². The van der Waals surface area contributed by atoms with Gasteiger partial charge in [-0.3, -0.25) is 0 Å². The van der Waals surface area contributed by atoms with E-state index >= 15 is 0 Å². The molecule has 0 aliphatic heterocycles. The second-order valence-electron chi connectivity index (χ2n) is 3.41. The smallest absolute Gasteiger partial charge is 0.131 e. The summed E-state index contributed by atoms with van der Waals surface area (Å²) >= 11 is 6.92. The Bertz CT molecular complexity index is 514. The first-order valence-corrected chi connectivity index (χ1v) is 5.82. The molecule has 1 heterocycles. The Morgan fingerprint density at radius 1 is 1.50 bits per heavy atom. The number of halogens is 2. The number of aromatic nitrogens is 1. The van der Waals surface area contributed by atoms with Crippen molar-refractivity contribution in [1.82, 2.24) is 4.98 Å². The molecule has 0 saturated heterocycles. The normalized spacial score (nSPS) is 12.8. The van der Waals surface area contributed by atoms with Crippen LogP contribution in [0.1, 0.15) is 22.2 Å². The third-order valence-corrected chi connectivity index (χ3v) is 3.43. The average molecular weight is 258 g/mol. The summed E-state index contributed by atoms with van der Waals surface area (Å²) < 4.78 is 13.6. The number of aryl methyl sites for hydroxylation is 1. The number of aliphatic hydroxyl groups excluding tert-OH is 1. The molecule has 1 unspecified atom stereocenters. The van der Waals surface area contributed by atoms with E-state index in [-0.39, 0.29) is 5.82 Å². The van der Waals surface area contributed by atoms with Crippen molar-refractivity contribution in [2.45, 2.75) is 13.0 Å². The number of thiazole rings is 1. The first kappa shape index (κ1) is 11.5. The lowest BCUT2D eigenvalue weighted by Crippen LogP contribution is -2.01. The zero-order valence-electron chi connectivity index (χ0n) is 8.45. The lowest BCUT2D eigenvalue weighted by molar-refractivity contribution is 0.218. The van der Waals surface area contributed by atoms with Gasteiger partial charge in [0, 0.05) is 0 Å². The highest BCUT2D eigenvalue weighted by Crippen LogP contribution is 2.30. The Morgan fingerprint density at radius 2 is 2.25 bits per heavy atom. The van der Waals surface area contributed by atoms with Crippen LogP contribution in [0.4, 0.5) is 4.39 Å². The van der Waals surface area contributed by atoms with Gasteiger partial charge in [-0.1, -0.05) is 17.7 Å². The summed E-state index contributed by atoms with van der Waals surface area (Å²) in [4.78, 5) is 3.98. The van der Waals surface area contributed by atoms with Gasteiger partial charge in [-0.05, 0) is 30.2 Å². The van der Waals surface area contributed by atoms with Crippen LogP contribution in [-0.4, -0.2) is 10.1 Å². The van der Waals surface area contributed by atoms with Gasteiger partial charge in [0.25, 0.3) is 0 Å². The molecule has 1 aromatic carbocycles. The molecular weight excluding hydrogens is 249 g/mol. The van der Waals surface area contributed by atoms with Crippen molar-refractivity contribution in [1.29, 1.82) is 0 Å². The maximum atomic E-state index is 13.1. The van der Waals surface area contributed by atoms with Crippen LogP contribution in [0.2, 0.25) is 4.34 Å². The Morgan fingerprint density at radius 3 is 2.88 bits per heavy atom. The molecule has 84 valence electrons. The van der Waals surface area contributed by atoms with Crippen molar-refractivity contribution in [3.8, 4) is 0 Å². The van der Waals surface area contributed by atoms with Crippen LogP contribution in [0, 0.1) is 12.7 Å². The van der Waals surface area contributed by atoms with Crippen LogP contribution in [0.15, 0.2) is 24.4 Å². The van der Waals surface area contributed by atoms with Crippen molar-refractivity contribution < 1.29 is 9.50 Å². The molecule has 0 fully saturated rings. The summed E-state index contributed by atoms with van der Waals surface area (Å²) in [6, 6.07) is 4.30. The van der Waals surface area contributed by atoms with Gasteiger partial charge in [-0.2, -0.15) is 0 Å². The van der Waals surface area contributed by atoms with Crippen molar-refractivity contribution >= 4 is 22.9 Å². The largest absolute Gasteiger partial charge is 0.381 e. The lowest BCUT2D eigenvalue weighted by Gasteiger charge is -2.10. The quantitative estimate of drug-likeness (QED) is 0.895. The van der Waals surface area contributed by atoms with Crippen LogP contribution in [0.3, 0.4) is 0 Å². The maximum Gasteiger partial charge on any atom is 0.131 e. The van der Waals surface area contributed by atoms with Gasteiger partial charge in [-0.15, -0.1) is 11.3 Å². The van der Waals surface area contributed by atoms with Gasteiger partial charge in [0.2, 0.25) is 0 Å². The molecule has 2 nitrogen and oxygen atoms in total. The van der Waals surface area contributed by atoms with Crippen LogP contribution in [-0.2, 0) is 0 Å². The summed E-state index contributed by atoms with van der Waals surface area (Å²) in [5.41, 5.74) is 1.34. The predicted molar refractivity (Wildman–Crippen MR) is 62.3 cm³/mol. The fourth-order valence-electron chi connectivity index (χ4n) is 1.43. The van der Waals surface area contributed by atoms with Crippen LogP contribution in [0.5, 0.6) is 0 Å². The van der Waals surface area contributed by atoms with Gasteiger partial charge in [0.05, 0.1) is 6.20 Å². The summed E-state index contributed by atoms with van der Waals surface area (Å²) in [6.07, 6.45) is 0.549. The Hall–Kier alpha value is -0.970. The SMILES string of the molecule is Cc1ccc(F)cc1C(O)c1ncc(Cl)s1. The first-order chi connectivity index (χ1) is 7.58. The maximum absolute atomic E-state index is 13.1. The highest BCUT2D eigenvalue weighted by Gasteiger charge is 2.17. The van der Waals surface area contributed by atoms with Gasteiger partial charge in [0.15, 0.2) is 0 Å². The van der Waals surface area contributed by atoms with Crippen molar-refractivity contribution in [3.63, 3.8) is 0 Å². The highest BCUT2D eigenvalue weighted by molar-refractivity contribution is 7.15. The minimum Gasteiger partial charge on any atom is -0.381 e. The number of hydrogen-bond donors (Lipinski definition) is 1. The fraction of sp³-hybridized carbons (Fsp3) is 0.182. The zero-order valence-corrected chi connectivity index (χ0v) is 10.0. The number of rotatable bonds is 2. The third kappa shape index (κ3) is 2.24. The predicted octanol–water partition coefficient (Wildman–Crippen LogP) is 3.33. The van der Waals surface area contributed by atoms with Crippen molar-refractivity contribution in [2.75, 3.05) is 0 Å². The van der Waals surface area contributed by atoms with Crippen molar-refractivity contribution in [2.24, 2.45) is 0 Å². The fourth-order valence-corrected chi connectivity index (χ4v) is 2.37. The monoisotopic (exact) mass is 257 g/mol. The second-order valence-corrected chi connectivity index (χ2v) is 5.10. The third-order valence-electron chi connectivity index (χ3n) is 2.27. The van der Waals surface area contributed by atoms with Gasteiger partial charge >= 0.3 is 0 Å². The van der Waals surface area contributed by atoms with Crippen LogP contribution < -0.4 is 0 Å². The Labute approximate surface area is 101 Å². The molecule has 0 aliphatic rings. The molecule has 0 amide bonds. The number of nitrogens with zero attached hydrogens (tertiary/aromatic N) is 1. The van der Waals surface area contributed by atoms with E-state index in [1.165, 1.54) is 29.7 Å². The molecule has 16 heavy (non-hydrogen) atoms. The van der Waals surface area contributed by atoms with Crippen molar-refractivity contribution in [3.05, 3.63) is 50.7 Å². The Balaban J connectivity index is 2.40. The molecule has 0 saturated carbocycles. The van der Waals surface area contributed by atoms with Gasteiger partial charge < -0.3 is 5.11 Å². The average Bonchev–Trinajstić information content (AvgIpc) is 2.67. The molecule has 0 bridgehead atoms. The van der Waals surface area contributed by atoms with Gasteiger partial charge in [0.1, 0.15) is 21.3 Å².